The lowest BCUT2D eigenvalue weighted by atomic mass is 10.0. The van der Waals surface area contributed by atoms with Crippen molar-refractivity contribution >= 4 is 21.7 Å². The monoisotopic (exact) mass is 452 g/mol. The number of fused-ring (bicyclic) bond motifs is 1. The first-order valence-electron chi connectivity index (χ1n) is 10.1. The van der Waals surface area contributed by atoms with E-state index in [-0.39, 0.29) is 11.3 Å². The van der Waals surface area contributed by atoms with Gasteiger partial charge in [0.2, 0.25) is 10.0 Å². The molecule has 2 atom stereocenters. The third-order valence-corrected chi connectivity index (χ3v) is 7.40. The van der Waals surface area contributed by atoms with Gasteiger partial charge >= 0.3 is 5.97 Å². The summed E-state index contributed by atoms with van der Waals surface area (Å²) in [5.74, 6) is 0.211. The summed E-state index contributed by atoms with van der Waals surface area (Å²) in [5.41, 5.74) is 2.28. The van der Waals surface area contributed by atoms with Crippen molar-refractivity contribution in [2.45, 2.75) is 23.5 Å². The molecule has 3 aromatic carbocycles. The van der Waals surface area contributed by atoms with Crippen LogP contribution in [0.5, 0.6) is 5.75 Å². The first kappa shape index (κ1) is 21.9. The van der Waals surface area contributed by atoms with Crippen molar-refractivity contribution in [3.8, 4) is 5.75 Å². The second kappa shape index (κ2) is 9.02. The standard InChI is InChI=1S/C24H24N2O5S/c1-30-18-14-12-17(13-15-18)25-24-21-11-7-6-10-20(21)22(16-23(27)31-2)26(24)32(28,29)19-8-4-3-5-9-19/h3-15,22,24-25H,16H2,1-2H3/t22-,24-/m1/s1. The Kier molecular flexibility index (Phi) is 6.16. The number of ether oxygens (including phenoxy) is 2. The van der Waals surface area contributed by atoms with Gasteiger partial charge in [-0.1, -0.05) is 42.5 Å². The zero-order chi connectivity index (χ0) is 22.7. The van der Waals surface area contributed by atoms with E-state index >= 15 is 0 Å². The van der Waals surface area contributed by atoms with E-state index in [2.05, 4.69) is 5.32 Å². The summed E-state index contributed by atoms with van der Waals surface area (Å²) < 4.78 is 39.1. The van der Waals surface area contributed by atoms with E-state index in [9.17, 15) is 13.2 Å². The number of sulfonamides is 1. The first-order chi connectivity index (χ1) is 15.5. The van der Waals surface area contributed by atoms with Crippen LogP contribution in [-0.2, 0) is 19.6 Å². The van der Waals surface area contributed by atoms with E-state index in [0.717, 1.165) is 16.8 Å². The number of esters is 1. The Morgan fingerprint density at radius 2 is 1.53 bits per heavy atom. The molecule has 1 aliphatic rings. The minimum atomic E-state index is -3.95. The second-order valence-electron chi connectivity index (χ2n) is 7.35. The average molecular weight is 453 g/mol. The van der Waals surface area contributed by atoms with Crippen LogP contribution in [0.2, 0.25) is 0 Å². The van der Waals surface area contributed by atoms with E-state index in [1.165, 1.54) is 11.4 Å². The normalized spacial score (nSPS) is 18.1. The molecule has 0 saturated carbocycles. The van der Waals surface area contributed by atoms with Crippen LogP contribution in [0.25, 0.3) is 0 Å². The number of carbonyl (C=O) groups is 1. The van der Waals surface area contributed by atoms with Gasteiger partial charge in [0, 0.05) is 5.69 Å². The molecule has 0 spiro atoms. The highest BCUT2D eigenvalue weighted by molar-refractivity contribution is 7.89. The molecule has 0 fully saturated rings. The Balaban J connectivity index is 1.82. The van der Waals surface area contributed by atoms with Gasteiger partial charge in [0.05, 0.1) is 31.6 Å². The topological polar surface area (TPSA) is 84.9 Å². The largest absolute Gasteiger partial charge is 0.497 e. The van der Waals surface area contributed by atoms with Crippen LogP contribution in [-0.4, -0.2) is 32.9 Å². The Morgan fingerprint density at radius 1 is 0.906 bits per heavy atom. The smallest absolute Gasteiger partial charge is 0.307 e. The molecular formula is C24H24N2O5S. The number of benzene rings is 3. The number of anilines is 1. The summed E-state index contributed by atoms with van der Waals surface area (Å²) in [7, 11) is -1.07. The highest BCUT2D eigenvalue weighted by atomic mass is 32.2. The zero-order valence-corrected chi connectivity index (χ0v) is 18.6. The van der Waals surface area contributed by atoms with Crippen molar-refractivity contribution in [1.29, 1.82) is 0 Å². The predicted molar refractivity (Wildman–Crippen MR) is 121 cm³/mol. The molecule has 4 rings (SSSR count). The van der Waals surface area contributed by atoms with Crippen LogP contribution in [0.15, 0.2) is 83.8 Å². The molecule has 0 radical (unpaired) electrons. The van der Waals surface area contributed by atoms with Gasteiger partial charge in [-0.15, -0.1) is 0 Å². The fourth-order valence-corrected chi connectivity index (χ4v) is 5.68. The number of hydrogen-bond acceptors (Lipinski definition) is 6. The van der Waals surface area contributed by atoms with Crippen molar-refractivity contribution in [2.75, 3.05) is 19.5 Å². The lowest BCUT2D eigenvalue weighted by molar-refractivity contribution is -0.141. The molecule has 0 aromatic heterocycles. The zero-order valence-electron chi connectivity index (χ0n) is 17.8. The molecule has 0 saturated heterocycles. The van der Waals surface area contributed by atoms with E-state index < -0.39 is 28.2 Å². The van der Waals surface area contributed by atoms with Gasteiger partial charge in [-0.05, 0) is 47.5 Å². The molecular weight excluding hydrogens is 428 g/mol. The van der Waals surface area contributed by atoms with Crippen LogP contribution in [0.4, 0.5) is 5.69 Å². The lowest BCUT2D eigenvalue weighted by Gasteiger charge is -2.30. The molecule has 1 heterocycles. The molecule has 166 valence electrons. The Hall–Kier alpha value is -3.36. The maximum Gasteiger partial charge on any atom is 0.307 e. The van der Waals surface area contributed by atoms with Gasteiger partial charge in [0.15, 0.2) is 0 Å². The van der Waals surface area contributed by atoms with Crippen LogP contribution in [0, 0.1) is 0 Å². The van der Waals surface area contributed by atoms with Gasteiger partial charge < -0.3 is 14.8 Å². The predicted octanol–water partition coefficient (Wildman–Crippen LogP) is 4.11. The maximum absolute atomic E-state index is 13.8. The van der Waals surface area contributed by atoms with E-state index in [0.29, 0.717) is 5.75 Å². The van der Waals surface area contributed by atoms with Crippen molar-refractivity contribution in [3.05, 3.63) is 90.0 Å². The maximum atomic E-state index is 13.8. The number of nitrogens with one attached hydrogen (secondary N) is 1. The highest BCUT2D eigenvalue weighted by Crippen LogP contribution is 2.47. The number of rotatable bonds is 7. The Labute approximate surface area is 187 Å². The van der Waals surface area contributed by atoms with E-state index in [1.54, 1.807) is 49.6 Å². The molecule has 7 nitrogen and oxygen atoms in total. The summed E-state index contributed by atoms with van der Waals surface area (Å²) >= 11 is 0. The minimum absolute atomic E-state index is 0.0969. The van der Waals surface area contributed by atoms with Crippen LogP contribution >= 0.6 is 0 Å². The number of methoxy groups -OCH3 is 2. The molecule has 1 aliphatic heterocycles. The van der Waals surface area contributed by atoms with Crippen LogP contribution < -0.4 is 10.1 Å². The molecule has 0 amide bonds. The molecule has 1 N–H and O–H groups in total. The van der Waals surface area contributed by atoms with Gasteiger partial charge in [-0.2, -0.15) is 4.31 Å². The Bertz CT molecular complexity index is 1200. The molecule has 32 heavy (non-hydrogen) atoms. The first-order valence-corrected chi connectivity index (χ1v) is 11.5. The number of nitrogens with zero attached hydrogens (tertiary/aromatic N) is 1. The van der Waals surface area contributed by atoms with Crippen molar-refractivity contribution in [1.82, 2.24) is 4.31 Å². The Morgan fingerprint density at radius 3 is 2.16 bits per heavy atom. The van der Waals surface area contributed by atoms with Gasteiger partial charge in [-0.3, -0.25) is 4.79 Å². The van der Waals surface area contributed by atoms with Crippen LogP contribution in [0.1, 0.15) is 29.8 Å². The molecule has 0 aliphatic carbocycles. The summed E-state index contributed by atoms with van der Waals surface area (Å²) in [5, 5.41) is 3.33. The van der Waals surface area contributed by atoms with Crippen molar-refractivity contribution in [3.63, 3.8) is 0 Å². The molecule has 8 heteroatoms. The van der Waals surface area contributed by atoms with E-state index in [4.69, 9.17) is 9.47 Å². The minimum Gasteiger partial charge on any atom is -0.497 e. The quantitative estimate of drug-likeness (QED) is 0.543. The van der Waals surface area contributed by atoms with Gasteiger partial charge in [0.25, 0.3) is 0 Å². The summed E-state index contributed by atoms with van der Waals surface area (Å²) in [6.07, 6.45) is -0.806. The van der Waals surface area contributed by atoms with Gasteiger partial charge in [-0.25, -0.2) is 8.42 Å². The SMILES string of the molecule is COC(=O)C[C@@H]1c2ccccc2[C@H](Nc2ccc(OC)cc2)N1S(=O)(=O)c1ccccc1. The average Bonchev–Trinajstić information content (AvgIpc) is 3.13. The highest BCUT2D eigenvalue weighted by Gasteiger charge is 2.46. The summed E-state index contributed by atoms with van der Waals surface area (Å²) in [6, 6.07) is 22.2. The third-order valence-electron chi connectivity index (χ3n) is 5.51. The molecule has 3 aromatic rings. The fraction of sp³-hybridized carbons (Fsp3) is 0.208. The number of carbonyl (C=O) groups excluding carboxylic acids is 1. The second-order valence-corrected chi connectivity index (χ2v) is 9.19. The van der Waals surface area contributed by atoms with Crippen molar-refractivity contribution < 1.29 is 22.7 Å². The lowest BCUT2D eigenvalue weighted by Crippen LogP contribution is -2.37. The summed E-state index contributed by atoms with van der Waals surface area (Å²) in [4.78, 5) is 12.4. The van der Waals surface area contributed by atoms with Crippen molar-refractivity contribution in [2.24, 2.45) is 0 Å². The van der Waals surface area contributed by atoms with Crippen LogP contribution in [0.3, 0.4) is 0 Å². The van der Waals surface area contributed by atoms with Gasteiger partial charge in [0.1, 0.15) is 11.9 Å². The number of hydrogen-bond donors (Lipinski definition) is 1. The van der Waals surface area contributed by atoms with E-state index in [1.807, 2.05) is 36.4 Å². The molecule has 0 unspecified atom stereocenters. The molecule has 0 bridgehead atoms. The third kappa shape index (κ3) is 4.06. The fourth-order valence-electron chi connectivity index (χ4n) is 3.97. The summed E-state index contributed by atoms with van der Waals surface area (Å²) in [6.45, 7) is 0.